The predicted octanol–water partition coefficient (Wildman–Crippen LogP) is 0.0778. The van der Waals surface area contributed by atoms with Crippen LogP contribution in [0, 0.1) is 6.92 Å². The smallest absolute Gasteiger partial charge is 0.341 e. The lowest BCUT2D eigenvalue weighted by Crippen LogP contribution is -3.15. The van der Waals surface area contributed by atoms with Crippen molar-refractivity contribution in [3.63, 3.8) is 0 Å². The Kier molecular flexibility index (Phi) is 7.03. The van der Waals surface area contributed by atoms with E-state index in [9.17, 15) is 14.4 Å². The lowest BCUT2D eigenvalue weighted by Gasteiger charge is -2.33. The Morgan fingerprint density at radius 2 is 2.11 bits per heavy atom. The van der Waals surface area contributed by atoms with Crippen LogP contribution >= 0.6 is 11.3 Å². The van der Waals surface area contributed by atoms with Gasteiger partial charge in [0.15, 0.2) is 6.54 Å². The molecule has 0 aromatic carbocycles. The Morgan fingerprint density at radius 1 is 1.36 bits per heavy atom. The third-order valence-corrected chi connectivity index (χ3v) is 5.97. The second-order valence-electron chi connectivity index (χ2n) is 7.12. The first-order chi connectivity index (χ1) is 13.5. The number of carbonyl (C=O) groups excluding carboxylic acids is 3. The molecule has 2 N–H and O–H groups in total. The van der Waals surface area contributed by atoms with E-state index in [0.29, 0.717) is 43.4 Å². The number of carbonyl (C=O) groups is 3. The highest BCUT2D eigenvalue weighted by Crippen LogP contribution is 2.28. The molecule has 2 fully saturated rings. The summed E-state index contributed by atoms with van der Waals surface area (Å²) in [6.45, 7) is 7.61. The van der Waals surface area contributed by atoms with Gasteiger partial charge in [-0.15, -0.1) is 11.3 Å². The van der Waals surface area contributed by atoms with Crippen LogP contribution in [-0.2, 0) is 19.1 Å². The number of piperazine rings is 1. The van der Waals surface area contributed by atoms with Gasteiger partial charge in [0.1, 0.15) is 11.1 Å². The molecule has 0 bridgehead atoms. The van der Waals surface area contributed by atoms with Crippen molar-refractivity contribution < 1.29 is 28.8 Å². The van der Waals surface area contributed by atoms with Gasteiger partial charge in [0.05, 0.1) is 38.3 Å². The summed E-state index contributed by atoms with van der Waals surface area (Å²) in [7, 11) is 0. The molecule has 2 amide bonds. The van der Waals surface area contributed by atoms with Gasteiger partial charge in [-0.25, -0.2) is 4.79 Å². The third kappa shape index (κ3) is 5.09. The summed E-state index contributed by atoms with van der Waals surface area (Å²) in [5.41, 5.74) is 0.402. The van der Waals surface area contributed by atoms with Crippen LogP contribution in [0.15, 0.2) is 6.07 Å². The summed E-state index contributed by atoms with van der Waals surface area (Å²) in [5.74, 6) is -0.480. The number of nitrogens with zero attached hydrogens (tertiary/aromatic N) is 1. The summed E-state index contributed by atoms with van der Waals surface area (Å²) < 4.78 is 10.5. The zero-order valence-corrected chi connectivity index (χ0v) is 17.2. The topological polar surface area (TPSA) is 89.4 Å². The fourth-order valence-corrected chi connectivity index (χ4v) is 4.48. The van der Waals surface area contributed by atoms with Crippen molar-refractivity contribution in [2.24, 2.45) is 0 Å². The van der Waals surface area contributed by atoms with Crippen LogP contribution in [0.3, 0.4) is 0 Å². The minimum absolute atomic E-state index is 0.0779. The largest absolute Gasteiger partial charge is 0.462 e. The number of aryl methyl sites for hydroxylation is 1. The lowest BCUT2D eigenvalue weighted by atomic mass is 10.2. The molecule has 3 heterocycles. The molecular formula is C19H28N3O5S+. The normalized spacial score (nSPS) is 20.2. The van der Waals surface area contributed by atoms with E-state index in [1.165, 1.54) is 11.3 Å². The number of quaternary nitrogens is 1. The molecule has 0 saturated carbocycles. The highest BCUT2D eigenvalue weighted by atomic mass is 32.1. The molecule has 2 saturated heterocycles. The first-order valence-electron chi connectivity index (χ1n) is 9.79. The second kappa shape index (κ2) is 9.49. The van der Waals surface area contributed by atoms with Gasteiger partial charge in [-0.05, 0) is 32.8 Å². The van der Waals surface area contributed by atoms with Gasteiger partial charge >= 0.3 is 5.97 Å². The summed E-state index contributed by atoms with van der Waals surface area (Å²) in [6.07, 6.45) is 1.46. The Hall–Kier alpha value is -1.97. The van der Waals surface area contributed by atoms with Crippen molar-refractivity contribution in [2.45, 2.75) is 32.8 Å². The first-order valence-corrected chi connectivity index (χ1v) is 10.6. The Balaban J connectivity index is 1.49. The molecule has 1 aromatic rings. The number of anilines is 1. The Morgan fingerprint density at radius 3 is 2.75 bits per heavy atom. The van der Waals surface area contributed by atoms with Crippen LogP contribution in [0.4, 0.5) is 5.00 Å². The van der Waals surface area contributed by atoms with E-state index in [4.69, 9.17) is 9.47 Å². The summed E-state index contributed by atoms with van der Waals surface area (Å²) in [4.78, 5) is 40.8. The van der Waals surface area contributed by atoms with Crippen LogP contribution in [0.5, 0.6) is 0 Å². The van der Waals surface area contributed by atoms with E-state index in [1.54, 1.807) is 13.0 Å². The van der Waals surface area contributed by atoms with Gasteiger partial charge in [-0.2, -0.15) is 0 Å². The average Bonchev–Trinajstić information content (AvgIpc) is 3.32. The molecule has 3 rings (SSSR count). The fraction of sp³-hybridized carbons (Fsp3) is 0.632. The zero-order chi connectivity index (χ0) is 20.1. The SMILES string of the molecule is CCOC(=O)c1cc(C)sc1NC(=O)C[NH+]1CCN(C(=O)[C@@H]2CCCO2)CC1. The molecule has 154 valence electrons. The molecule has 0 spiro atoms. The Bertz CT molecular complexity index is 721. The number of ether oxygens (including phenoxy) is 2. The summed E-state index contributed by atoms with van der Waals surface area (Å²) in [5, 5.41) is 3.39. The van der Waals surface area contributed by atoms with Gasteiger partial charge in [-0.3, -0.25) is 9.59 Å². The number of nitrogens with one attached hydrogen (secondary N) is 2. The predicted molar refractivity (Wildman–Crippen MR) is 105 cm³/mol. The van der Waals surface area contributed by atoms with Gasteiger partial charge in [0.25, 0.3) is 11.8 Å². The van der Waals surface area contributed by atoms with Crippen molar-refractivity contribution in [3.8, 4) is 0 Å². The molecule has 2 aliphatic heterocycles. The zero-order valence-electron chi connectivity index (χ0n) is 16.4. The number of amides is 2. The van der Waals surface area contributed by atoms with Gasteiger partial charge < -0.3 is 24.6 Å². The van der Waals surface area contributed by atoms with Crippen LogP contribution in [0.25, 0.3) is 0 Å². The molecule has 28 heavy (non-hydrogen) atoms. The summed E-state index contributed by atoms with van der Waals surface area (Å²) >= 11 is 1.37. The molecule has 8 nitrogen and oxygen atoms in total. The number of hydrogen-bond acceptors (Lipinski definition) is 6. The number of hydrogen-bond donors (Lipinski definition) is 2. The molecule has 0 unspecified atom stereocenters. The van der Waals surface area contributed by atoms with Crippen molar-refractivity contribution >= 4 is 34.1 Å². The van der Waals surface area contributed by atoms with Gasteiger partial charge in [0, 0.05) is 11.5 Å². The third-order valence-electron chi connectivity index (χ3n) is 5.00. The molecule has 2 aliphatic rings. The van der Waals surface area contributed by atoms with E-state index < -0.39 is 5.97 Å². The van der Waals surface area contributed by atoms with Gasteiger partial charge in [-0.1, -0.05) is 0 Å². The quantitative estimate of drug-likeness (QED) is 0.649. The van der Waals surface area contributed by atoms with E-state index in [-0.39, 0.29) is 17.9 Å². The van der Waals surface area contributed by atoms with E-state index in [1.807, 2.05) is 11.8 Å². The molecule has 1 aromatic heterocycles. The van der Waals surface area contributed by atoms with Crippen LogP contribution < -0.4 is 10.2 Å². The maximum atomic E-state index is 12.5. The standard InChI is InChI=1S/C19H27N3O5S/c1-3-26-19(25)14-11-13(2)28-17(14)20-16(23)12-21-6-8-22(9-7-21)18(24)15-5-4-10-27-15/h11,15H,3-10,12H2,1-2H3,(H,20,23)/p+1/t15-/m0/s1. The monoisotopic (exact) mass is 410 g/mol. The minimum atomic E-state index is -0.421. The number of esters is 1. The highest BCUT2D eigenvalue weighted by Gasteiger charge is 2.32. The lowest BCUT2D eigenvalue weighted by molar-refractivity contribution is -0.895. The van der Waals surface area contributed by atoms with Crippen LogP contribution in [0.2, 0.25) is 0 Å². The van der Waals surface area contributed by atoms with Crippen molar-refractivity contribution in [3.05, 3.63) is 16.5 Å². The minimum Gasteiger partial charge on any atom is -0.462 e. The molecule has 1 atom stereocenters. The molecule has 0 aliphatic carbocycles. The molecule has 0 radical (unpaired) electrons. The Labute approximate surface area is 168 Å². The highest BCUT2D eigenvalue weighted by molar-refractivity contribution is 7.16. The maximum Gasteiger partial charge on any atom is 0.341 e. The second-order valence-corrected chi connectivity index (χ2v) is 8.38. The molecule has 9 heteroatoms. The van der Waals surface area contributed by atoms with E-state index >= 15 is 0 Å². The number of rotatable bonds is 6. The molecular weight excluding hydrogens is 382 g/mol. The average molecular weight is 411 g/mol. The van der Waals surface area contributed by atoms with Gasteiger partial charge in [0.2, 0.25) is 0 Å². The van der Waals surface area contributed by atoms with Crippen molar-refractivity contribution in [1.29, 1.82) is 0 Å². The van der Waals surface area contributed by atoms with E-state index in [0.717, 1.165) is 35.7 Å². The van der Waals surface area contributed by atoms with Crippen molar-refractivity contribution in [1.82, 2.24) is 4.90 Å². The number of thiophene rings is 1. The van der Waals surface area contributed by atoms with E-state index in [2.05, 4.69) is 5.32 Å². The first kappa shape index (κ1) is 20.8. The van der Waals surface area contributed by atoms with Crippen molar-refractivity contribution in [2.75, 3.05) is 51.3 Å². The van der Waals surface area contributed by atoms with Crippen LogP contribution in [-0.4, -0.2) is 74.7 Å². The maximum absolute atomic E-state index is 12.5. The fourth-order valence-electron chi connectivity index (χ4n) is 3.56. The summed E-state index contributed by atoms with van der Waals surface area (Å²) in [6, 6.07) is 1.74. The van der Waals surface area contributed by atoms with Crippen LogP contribution in [0.1, 0.15) is 35.0 Å².